The lowest BCUT2D eigenvalue weighted by molar-refractivity contribution is -0.120. The Hall–Kier alpha value is -1.65. The Balaban J connectivity index is 2.29. The van der Waals surface area contributed by atoms with Crippen molar-refractivity contribution in [2.45, 2.75) is 32.7 Å². The van der Waals surface area contributed by atoms with Crippen LogP contribution in [0.25, 0.3) is 10.8 Å². The summed E-state index contributed by atoms with van der Waals surface area (Å²) in [6.45, 7) is 4.06. The number of ketones is 1. The molecule has 21 heavy (non-hydrogen) atoms. The first kappa shape index (κ1) is 15.7. The molecule has 1 aromatic carbocycles. The van der Waals surface area contributed by atoms with E-state index in [-0.39, 0.29) is 17.8 Å². The van der Waals surface area contributed by atoms with E-state index < -0.39 is 6.04 Å². The molecule has 0 aliphatic carbocycles. The summed E-state index contributed by atoms with van der Waals surface area (Å²) in [5, 5.41) is 1.71. The second kappa shape index (κ2) is 6.41. The van der Waals surface area contributed by atoms with Crippen molar-refractivity contribution in [3.05, 3.63) is 45.3 Å². The SMILES string of the molecule is CC(C)C[C@H](N)C(=O)Cc1cc2cc[nH]c(=O)c2cc1Cl. The standard InChI is InChI=1S/C16H19ClN2O2/c1-9(2)5-14(18)15(20)7-11-6-10-3-4-19-16(21)12(10)8-13(11)17/h3-4,6,8-9,14H,5,7,18H2,1-2H3,(H,19,21)/t14-/m0/s1. The molecule has 5 heteroatoms. The molecular formula is C16H19ClN2O2. The van der Waals surface area contributed by atoms with Crippen LogP contribution in [0.5, 0.6) is 0 Å². The van der Waals surface area contributed by atoms with Crippen LogP contribution in [0.4, 0.5) is 0 Å². The van der Waals surface area contributed by atoms with Crippen molar-refractivity contribution in [3.8, 4) is 0 Å². The van der Waals surface area contributed by atoms with Crippen LogP contribution in [0.2, 0.25) is 5.02 Å². The van der Waals surface area contributed by atoms with Crippen molar-refractivity contribution in [2.75, 3.05) is 0 Å². The van der Waals surface area contributed by atoms with Crippen molar-refractivity contribution < 1.29 is 4.79 Å². The highest BCUT2D eigenvalue weighted by Crippen LogP contribution is 2.23. The first-order valence-corrected chi connectivity index (χ1v) is 7.34. The number of pyridine rings is 1. The number of Topliss-reactive ketones (excluding diaryl/α,β-unsaturated/α-hetero) is 1. The molecule has 0 saturated carbocycles. The number of aromatic nitrogens is 1. The topological polar surface area (TPSA) is 76.0 Å². The Bertz CT molecular complexity index is 722. The van der Waals surface area contributed by atoms with Crippen LogP contribution in [0.3, 0.4) is 0 Å². The molecule has 112 valence electrons. The summed E-state index contributed by atoms with van der Waals surface area (Å²) in [5.74, 6) is 0.337. The van der Waals surface area contributed by atoms with Gasteiger partial charge in [-0.25, -0.2) is 0 Å². The summed E-state index contributed by atoms with van der Waals surface area (Å²) >= 11 is 6.18. The third kappa shape index (κ3) is 3.71. The highest BCUT2D eigenvalue weighted by Gasteiger charge is 2.17. The van der Waals surface area contributed by atoms with Crippen molar-refractivity contribution in [1.29, 1.82) is 0 Å². The Labute approximate surface area is 128 Å². The maximum absolute atomic E-state index is 12.2. The number of hydrogen-bond donors (Lipinski definition) is 2. The molecule has 1 heterocycles. The molecule has 2 rings (SSSR count). The Morgan fingerprint density at radius 3 is 2.76 bits per heavy atom. The molecule has 3 N–H and O–H groups in total. The summed E-state index contributed by atoms with van der Waals surface area (Å²) in [4.78, 5) is 26.4. The molecule has 0 aliphatic rings. The first-order chi connectivity index (χ1) is 9.88. The lowest BCUT2D eigenvalue weighted by atomic mass is 9.96. The Morgan fingerprint density at radius 1 is 1.38 bits per heavy atom. The molecule has 0 saturated heterocycles. The minimum atomic E-state index is -0.476. The van der Waals surface area contributed by atoms with Gasteiger partial charge in [0.25, 0.3) is 5.56 Å². The zero-order valence-electron chi connectivity index (χ0n) is 12.2. The van der Waals surface area contributed by atoms with Gasteiger partial charge in [-0.3, -0.25) is 9.59 Å². The van der Waals surface area contributed by atoms with Gasteiger partial charge in [-0.05, 0) is 41.5 Å². The highest BCUT2D eigenvalue weighted by molar-refractivity contribution is 6.32. The molecule has 0 bridgehead atoms. The second-order valence-electron chi connectivity index (χ2n) is 5.72. The van der Waals surface area contributed by atoms with E-state index in [1.165, 1.54) is 0 Å². The number of hydrogen-bond acceptors (Lipinski definition) is 3. The van der Waals surface area contributed by atoms with E-state index in [0.717, 1.165) is 5.39 Å². The van der Waals surface area contributed by atoms with Crippen LogP contribution < -0.4 is 11.3 Å². The van der Waals surface area contributed by atoms with Crippen LogP contribution in [0.1, 0.15) is 25.8 Å². The van der Waals surface area contributed by atoms with Crippen LogP contribution in [-0.4, -0.2) is 16.8 Å². The quantitative estimate of drug-likeness (QED) is 0.891. The number of aromatic amines is 1. The highest BCUT2D eigenvalue weighted by atomic mass is 35.5. The molecule has 1 aromatic heterocycles. The number of nitrogens with one attached hydrogen (secondary N) is 1. The number of fused-ring (bicyclic) bond motifs is 1. The normalized spacial score (nSPS) is 12.8. The largest absolute Gasteiger partial charge is 0.329 e. The third-order valence-electron chi connectivity index (χ3n) is 3.44. The number of carbonyl (C=O) groups is 1. The number of halogens is 1. The summed E-state index contributed by atoms with van der Waals surface area (Å²) in [6.07, 6.45) is 2.42. The minimum Gasteiger partial charge on any atom is -0.329 e. The van der Waals surface area contributed by atoms with Gasteiger partial charge in [0, 0.05) is 23.0 Å². The predicted molar refractivity (Wildman–Crippen MR) is 85.7 cm³/mol. The van der Waals surface area contributed by atoms with Crippen molar-refractivity contribution in [2.24, 2.45) is 11.7 Å². The van der Waals surface area contributed by atoms with E-state index in [4.69, 9.17) is 17.3 Å². The number of benzene rings is 1. The van der Waals surface area contributed by atoms with E-state index in [1.807, 2.05) is 13.8 Å². The molecule has 0 spiro atoms. The Kier molecular flexibility index (Phi) is 4.80. The fraction of sp³-hybridized carbons (Fsp3) is 0.375. The average molecular weight is 307 g/mol. The molecule has 1 atom stereocenters. The predicted octanol–water partition coefficient (Wildman–Crippen LogP) is 2.67. The molecule has 0 aliphatic heterocycles. The summed E-state index contributed by atoms with van der Waals surface area (Å²) < 4.78 is 0. The van der Waals surface area contributed by atoms with Gasteiger partial charge in [0.05, 0.1) is 6.04 Å². The van der Waals surface area contributed by atoms with Crippen molar-refractivity contribution in [1.82, 2.24) is 4.98 Å². The fourth-order valence-corrected chi connectivity index (χ4v) is 2.58. The van der Waals surface area contributed by atoms with Gasteiger partial charge in [0.1, 0.15) is 0 Å². The van der Waals surface area contributed by atoms with Gasteiger partial charge in [0.2, 0.25) is 0 Å². The van der Waals surface area contributed by atoms with Gasteiger partial charge in [-0.15, -0.1) is 0 Å². The van der Waals surface area contributed by atoms with Gasteiger partial charge in [0.15, 0.2) is 5.78 Å². The molecule has 0 unspecified atom stereocenters. The summed E-state index contributed by atoms with van der Waals surface area (Å²) in [5.41, 5.74) is 6.42. The third-order valence-corrected chi connectivity index (χ3v) is 3.80. The minimum absolute atomic E-state index is 0.0326. The smallest absolute Gasteiger partial charge is 0.255 e. The van der Waals surface area contributed by atoms with E-state index in [1.54, 1.807) is 24.4 Å². The maximum atomic E-state index is 12.2. The van der Waals surface area contributed by atoms with Crippen LogP contribution in [-0.2, 0) is 11.2 Å². The van der Waals surface area contributed by atoms with Gasteiger partial charge < -0.3 is 10.7 Å². The van der Waals surface area contributed by atoms with Crippen molar-refractivity contribution >= 4 is 28.2 Å². The molecular weight excluding hydrogens is 288 g/mol. The van der Waals surface area contributed by atoms with E-state index in [0.29, 0.717) is 28.3 Å². The fourth-order valence-electron chi connectivity index (χ4n) is 2.35. The monoisotopic (exact) mass is 306 g/mol. The summed E-state index contributed by atoms with van der Waals surface area (Å²) in [6, 6.07) is 4.70. The molecule has 0 amide bonds. The Morgan fingerprint density at radius 2 is 2.10 bits per heavy atom. The van der Waals surface area contributed by atoms with E-state index in [2.05, 4.69) is 4.98 Å². The molecule has 0 fully saturated rings. The molecule has 4 nitrogen and oxygen atoms in total. The van der Waals surface area contributed by atoms with Crippen LogP contribution >= 0.6 is 11.6 Å². The van der Waals surface area contributed by atoms with Gasteiger partial charge >= 0.3 is 0 Å². The summed E-state index contributed by atoms with van der Waals surface area (Å²) in [7, 11) is 0. The second-order valence-corrected chi connectivity index (χ2v) is 6.12. The van der Waals surface area contributed by atoms with Crippen LogP contribution in [0, 0.1) is 5.92 Å². The number of nitrogens with two attached hydrogens (primary N) is 1. The van der Waals surface area contributed by atoms with Gasteiger partial charge in [-0.1, -0.05) is 25.4 Å². The zero-order chi connectivity index (χ0) is 15.6. The molecule has 0 radical (unpaired) electrons. The van der Waals surface area contributed by atoms with Gasteiger partial charge in [-0.2, -0.15) is 0 Å². The lowest BCUT2D eigenvalue weighted by Crippen LogP contribution is -2.33. The first-order valence-electron chi connectivity index (χ1n) is 6.96. The maximum Gasteiger partial charge on any atom is 0.255 e. The number of rotatable bonds is 5. The van der Waals surface area contributed by atoms with E-state index >= 15 is 0 Å². The average Bonchev–Trinajstić information content (AvgIpc) is 2.40. The number of carbonyl (C=O) groups excluding carboxylic acids is 1. The number of H-pyrrole nitrogens is 1. The van der Waals surface area contributed by atoms with Crippen LogP contribution in [0.15, 0.2) is 29.2 Å². The lowest BCUT2D eigenvalue weighted by Gasteiger charge is -2.13. The van der Waals surface area contributed by atoms with E-state index in [9.17, 15) is 9.59 Å². The zero-order valence-corrected chi connectivity index (χ0v) is 12.9. The van der Waals surface area contributed by atoms with Crippen molar-refractivity contribution in [3.63, 3.8) is 0 Å². The molecule has 2 aromatic rings.